The summed E-state index contributed by atoms with van der Waals surface area (Å²) < 4.78 is 5.81. The Balaban J connectivity index is 1.50. The number of pyridine rings is 1. The Hall–Kier alpha value is -3.16. The van der Waals surface area contributed by atoms with Crippen molar-refractivity contribution in [1.82, 2.24) is 14.9 Å². The van der Waals surface area contributed by atoms with Gasteiger partial charge in [0.25, 0.3) is 0 Å². The molecule has 4 rings (SSSR count). The minimum absolute atomic E-state index is 0.340. The summed E-state index contributed by atoms with van der Waals surface area (Å²) in [5.41, 5.74) is 9.15. The number of nitrogens with zero attached hydrogens (tertiary/aromatic N) is 4. The second kappa shape index (κ2) is 11.1. The van der Waals surface area contributed by atoms with Crippen molar-refractivity contribution in [3.8, 4) is 5.75 Å². The van der Waals surface area contributed by atoms with E-state index in [0.29, 0.717) is 28.9 Å². The molecular formula is C25H29ClN6O. The van der Waals surface area contributed by atoms with Gasteiger partial charge in [-0.3, -0.25) is 9.88 Å². The molecule has 1 aliphatic heterocycles. The van der Waals surface area contributed by atoms with Crippen molar-refractivity contribution >= 4 is 29.5 Å². The highest BCUT2D eigenvalue weighted by molar-refractivity contribution is 6.32. The van der Waals surface area contributed by atoms with Gasteiger partial charge < -0.3 is 15.5 Å². The van der Waals surface area contributed by atoms with Crippen LogP contribution in [-0.4, -0.2) is 40.1 Å². The number of H-pyrrole nitrogens is 1. The molecule has 0 bridgehead atoms. The molecule has 0 saturated carbocycles. The van der Waals surface area contributed by atoms with E-state index in [0.717, 1.165) is 42.5 Å². The van der Waals surface area contributed by atoms with Gasteiger partial charge >= 0.3 is 0 Å². The molecule has 1 aliphatic rings. The van der Waals surface area contributed by atoms with Crippen molar-refractivity contribution in [3.05, 3.63) is 76.8 Å². The fourth-order valence-electron chi connectivity index (χ4n) is 3.86. The summed E-state index contributed by atoms with van der Waals surface area (Å²) in [6.45, 7) is 5.72. The summed E-state index contributed by atoms with van der Waals surface area (Å²) in [6.07, 6.45) is 7.38. The van der Waals surface area contributed by atoms with E-state index in [1.54, 1.807) is 18.3 Å². The number of amidine groups is 1. The van der Waals surface area contributed by atoms with E-state index in [4.69, 9.17) is 27.1 Å². The number of hydrogen-bond donors (Lipinski definition) is 2. The highest BCUT2D eigenvalue weighted by Crippen LogP contribution is 2.30. The first-order valence-electron chi connectivity index (χ1n) is 11.2. The Bertz CT molecular complexity index is 1100. The van der Waals surface area contributed by atoms with E-state index in [2.05, 4.69) is 32.9 Å². The molecule has 172 valence electrons. The van der Waals surface area contributed by atoms with E-state index < -0.39 is 0 Å². The number of nitrogens with two attached hydrogens (primary N) is 1. The van der Waals surface area contributed by atoms with E-state index in [-0.39, 0.29) is 0 Å². The zero-order chi connectivity index (χ0) is 23.0. The van der Waals surface area contributed by atoms with Gasteiger partial charge in [-0.05, 0) is 73.8 Å². The molecule has 0 atom stereocenters. The standard InChI is InChI=1S/C25H29ClN6O/c1-18-8-12-32(13-9-18)15-19-7-11-29-24(19)25(30-17-27)31-20-5-6-23(22(26)14-20)33-16-21-4-2-3-10-28-21/h2-7,10-11,14,17-18,29H,8-9,12-13,15-16H2,1H3,(H2,27,30,31). The summed E-state index contributed by atoms with van der Waals surface area (Å²) in [5.74, 6) is 1.89. The minimum atomic E-state index is 0.340. The molecule has 0 amide bonds. The maximum absolute atomic E-state index is 6.46. The number of ether oxygens (including phenoxy) is 1. The smallest absolute Gasteiger partial charge is 0.178 e. The van der Waals surface area contributed by atoms with Gasteiger partial charge in [0.15, 0.2) is 5.84 Å². The molecule has 1 aromatic carbocycles. The first kappa shape index (κ1) is 23.0. The molecule has 33 heavy (non-hydrogen) atoms. The van der Waals surface area contributed by atoms with Crippen LogP contribution in [0.25, 0.3) is 0 Å². The van der Waals surface area contributed by atoms with Crippen molar-refractivity contribution in [2.75, 3.05) is 13.1 Å². The zero-order valence-corrected chi connectivity index (χ0v) is 19.5. The largest absolute Gasteiger partial charge is 0.486 e. The Kier molecular flexibility index (Phi) is 7.75. The maximum Gasteiger partial charge on any atom is 0.178 e. The van der Waals surface area contributed by atoms with Gasteiger partial charge in [-0.1, -0.05) is 24.6 Å². The first-order valence-corrected chi connectivity index (χ1v) is 11.5. The zero-order valence-electron chi connectivity index (χ0n) is 18.7. The highest BCUT2D eigenvalue weighted by Gasteiger charge is 2.19. The number of halogens is 1. The summed E-state index contributed by atoms with van der Waals surface area (Å²) in [4.78, 5) is 19.1. The Labute approximate surface area is 199 Å². The Morgan fingerprint density at radius 1 is 1.27 bits per heavy atom. The van der Waals surface area contributed by atoms with Gasteiger partial charge in [0, 0.05) is 18.9 Å². The number of likely N-dealkylation sites (tertiary alicyclic amines) is 1. The van der Waals surface area contributed by atoms with Crippen LogP contribution in [0.3, 0.4) is 0 Å². The third-order valence-electron chi connectivity index (χ3n) is 5.78. The lowest BCUT2D eigenvalue weighted by atomic mass is 9.99. The van der Waals surface area contributed by atoms with Crippen molar-refractivity contribution in [3.63, 3.8) is 0 Å². The van der Waals surface area contributed by atoms with Crippen molar-refractivity contribution in [1.29, 1.82) is 0 Å². The lowest BCUT2D eigenvalue weighted by Gasteiger charge is -2.30. The lowest BCUT2D eigenvalue weighted by molar-refractivity contribution is 0.185. The maximum atomic E-state index is 6.46. The minimum Gasteiger partial charge on any atom is -0.486 e. The topological polar surface area (TPSA) is 91.9 Å². The first-order chi connectivity index (χ1) is 16.1. The van der Waals surface area contributed by atoms with Crippen LogP contribution >= 0.6 is 11.6 Å². The van der Waals surface area contributed by atoms with E-state index in [1.165, 1.54) is 19.2 Å². The molecule has 1 fully saturated rings. The SMILES string of the molecule is CC1CCN(Cc2cc[nH]c2C(N=CN)=Nc2ccc(OCc3ccccn3)c(Cl)c2)CC1. The Morgan fingerprint density at radius 3 is 2.85 bits per heavy atom. The molecule has 3 N–H and O–H groups in total. The van der Waals surface area contributed by atoms with Gasteiger partial charge in [-0.15, -0.1) is 0 Å². The molecule has 0 aliphatic carbocycles. The molecule has 7 nitrogen and oxygen atoms in total. The second-order valence-corrected chi connectivity index (χ2v) is 8.68. The highest BCUT2D eigenvalue weighted by atomic mass is 35.5. The van der Waals surface area contributed by atoms with Crippen LogP contribution < -0.4 is 10.5 Å². The summed E-state index contributed by atoms with van der Waals surface area (Å²) in [5, 5.41) is 0.470. The number of aliphatic imine (C=N–C) groups is 2. The van der Waals surface area contributed by atoms with Gasteiger partial charge in [-0.25, -0.2) is 9.98 Å². The Morgan fingerprint density at radius 2 is 2.12 bits per heavy atom. The van der Waals surface area contributed by atoms with Crippen LogP contribution in [0.1, 0.15) is 36.7 Å². The van der Waals surface area contributed by atoms with Gasteiger partial charge in [0.2, 0.25) is 0 Å². The van der Waals surface area contributed by atoms with Crippen LogP contribution in [0.15, 0.2) is 64.8 Å². The van der Waals surface area contributed by atoms with Crippen LogP contribution in [0.4, 0.5) is 5.69 Å². The third kappa shape index (κ3) is 6.21. The van der Waals surface area contributed by atoms with Gasteiger partial charge in [0.05, 0.1) is 28.4 Å². The fraction of sp³-hybridized carbons (Fsp3) is 0.320. The molecule has 0 spiro atoms. The molecule has 1 saturated heterocycles. The molecule has 0 radical (unpaired) electrons. The lowest BCUT2D eigenvalue weighted by Crippen LogP contribution is -2.32. The summed E-state index contributed by atoms with van der Waals surface area (Å²) in [6, 6.07) is 13.2. The number of benzene rings is 1. The van der Waals surface area contributed by atoms with Crippen LogP contribution in [0.2, 0.25) is 5.02 Å². The van der Waals surface area contributed by atoms with Crippen LogP contribution in [0, 0.1) is 5.92 Å². The van der Waals surface area contributed by atoms with Gasteiger partial charge in [0.1, 0.15) is 12.4 Å². The van der Waals surface area contributed by atoms with E-state index in [9.17, 15) is 0 Å². The van der Waals surface area contributed by atoms with Gasteiger partial charge in [-0.2, -0.15) is 0 Å². The van der Waals surface area contributed by atoms with Crippen LogP contribution in [0.5, 0.6) is 5.75 Å². The quantitative estimate of drug-likeness (QED) is 0.382. The molecule has 3 heterocycles. The average molecular weight is 465 g/mol. The number of aromatic amines is 1. The van der Waals surface area contributed by atoms with Crippen molar-refractivity contribution < 1.29 is 4.74 Å². The predicted molar refractivity (Wildman–Crippen MR) is 133 cm³/mol. The van der Waals surface area contributed by atoms with E-state index >= 15 is 0 Å². The number of hydrogen-bond acceptors (Lipinski definition) is 4. The van der Waals surface area contributed by atoms with E-state index in [1.807, 2.05) is 30.5 Å². The number of aromatic nitrogens is 2. The number of rotatable bonds is 7. The monoisotopic (exact) mass is 464 g/mol. The summed E-state index contributed by atoms with van der Waals surface area (Å²) >= 11 is 6.46. The van der Waals surface area contributed by atoms with Crippen molar-refractivity contribution in [2.24, 2.45) is 21.6 Å². The number of piperidine rings is 1. The predicted octanol–water partition coefficient (Wildman–Crippen LogP) is 4.94. The molecule has 8 heteroatoms. The second-order valence-electron chi connectivity index (χ2n) is 8.27. The molecular weight excluding hydrogens is 436 g/mol. The van der Waals surface area contributed by atoms with Crippen LogP contribution in [-0.2, 0) is 13.2 Å². The fourth-order valence-corrected chi connectivity index (χ4v) is 4.09. The number of nitrogens with one attached hydrogen (secondary N) is 1. The molecule has 3 aromatic rings. The summed E-state index contributed by atoms with van der Waals surface area (Å²) in [7, 11) is 0. The molecule has 0 unspecified atom stereocenters. The average Bonchev–Trinajstić information content (AvgIpc) is 3.28. The normalized spacial score (nSPS) is 15.9. The third-order valence-corrected chi connectivity index (χ3v) is 6.07. The van der Waals surface area contributed by atoms with Crippen molar-refractivity contribution in [2.45, 2.75) is 32.9 Å². The molecule has 2 aromatic heterocycles.